The standard InChI is InChI=1S/C18H20N6/c1-3-15(11-19-5-1)12-23-9-2-4-16(13-23)17-18(22-7-6-21-17)24-10-8-20-14-24/h1,3,5-8,10-11,14,16H,2,4,9,12-13H2/t16-/m0/s1. The summed E-state index contributed by atoms with van der Waals surface area (Å²) in [7, 11) is 0. The molecular formula is C18H20N6. The second kappa shape index (κ2) is 6.88. The molecule has 1 fully saturated rings. The molecule has 1 saturated heterocycles. The van der Waals surface area contributed by atoms with Gasteiger partial charge >= 0.3 is 0 Å². The summed E-state index contributed by atoms with van der Waals surface area (Å²) in [6.45, 7) is 3.05. The van der Waals surface area contributed by atoms with Gasteiger partial charge in [-0.15, -0.1) is 0 Å². The van der Waals surface area contributed by atoms with Gasteiger partial charge in [0.2, 0.25) is 0 Å². The molecule has 0 spiro atoms. The Labute approximate surface area is 141 Å². The van der Waals surface area contributed by atoms with Gasteiger partial charge in [0.25, 0.3) is 0 Å². The average Bonchev–Trinajstić information content (AvgIpc) is 3.17. The van der Waals surface area contributed by atoms with Crippen molar-refractivity contribution >= 4 is 0 Å². The molecule has 4 rings (SSSR count). The molecular weight excluding hydrogens is 300 g/mol. The van der Waals surface area contributed by atoms with Crippen molar-refractivity contribution in [3.8, 4) is 5.82 Å². The van der Waals surface area contributed by atoms with Crippen LogP contribution in [0.5, 0.6) is 0 Å². The van der Waals surface area contributed by atoms with E-state index in [0.717, 1.165) is 37.6 Å². The molecule has 1 aliphatic heterocycles. The fourth-order valence-electron chi connectivity index (χ4n) is 3.38. The Morgan fingerprint density at radius 3 is 2.88 bits per heavy atom. The molecule has 3 aromatic heterocycles. The maximum atomic E-state index is 4.65. The van der Waals surface area contributed by atoms with E-state index in [1.54, 1.807) is 24.9 Å². The molecule has 3 aromatic rings. The van der Waals surface area contributed by atoms with Crippen LogP contribution in [-0.4, -0.2) is 42.5 Å². The summed E-state index contributed by atoms with van der Waals surface area (Å²) >= 11 is 0. The Bertz CT molecular complexity index is 771. The van der Waals surface area contributed by atoms with E-state index in [2.05, 4.69) is 30.9 Å². The van der Waals surface area contributed by atoms with E-state index in [1.807, 2.05) is 29.2 Å². The molecule has 24 heavy (non-hydrogen) atoms. The molecule has 122 valence electrons. The lowest BCUT2D eigenvalue weighted by atomic mass is 9.94. The zero-order chi connectivity index (χ0) is 16.2. The molecule has 0 saturated carbocycles. The Kier molecular flexibility index (Phi) is 4.29. The summed E-state index contributed by atoms with van der Waals surface area (Å²) in [6.07, 6.45) is 15.1. The number of likely N-dealkylation sites (tertiary alicyclic amines) is 1. The molecule has 1 atom stereocenters. The van der Waals surface area contributed by atoms with E-state index >= 15 is 0 Å². The van der Waals surface area contributed by atoms with Crippen molar-refractivity contribution in [2.24, 2.45) is 0 Å². The van der Waals surface area contributed by atoms with Crippen LogP contribution in [0.1, 0.15) is 30.0 Å². The van der Waals surface area contributed by atoms with Crippen LogP contribution in [-0.2, 0) is 6.54 Å². The molecule has 1 aliphatic rings. The second-order valence-corrected chi connectivity index (χ2v) is 6.17. The highest BCUT2D eigenvalue weighted by atomic mass is 15.1. The van der Waals surface area contributed by atoms with Crippen molar-refractivity contribution in [2.45, 2.75) is 25.3 Å². The minimum absolute atomic E-state index is 0.390. The van der Waals surface area contributed by atoms with Gasteiger partial charge in [0.05, 0.1) is 5.69 Å². The minimum atomic E-state index is 0.390. The van der Waals surface area contributed by atoms with Gasteiger partial charge < -0.3 is 0 Å². The summed E-state index contributed by atoms with van der Waals surface area (Å²) in [5, 5.41) is 0. The second-order valence-electron chi connectivity index (χ2n) is 6.17. The van der Waals surface area contributed by atoms with Gasteiger partial charge in [0.15, 0.2) is 5.82 Å². The van der Waals surface area contributed by atoms with Crippen LogP contribution in [0.15, 0.2) is 55.6 Å². The molecule has 0 radical (unpaired) electrons. The third-order valence-electron chi connectivity index (χ3n) is 4.48. The number of rotatable bonds is 4. The third kappa shape index (κ3) is 3.19. The smallest absolute Gasteiger partial charge is 0.160 e. The molecule has 0 amide bonds. The van der Waals surface area contributed by atoms with E-state index in [-0.39, 0.29) is 0 Å². The number of aromatic nitrogens is 5. The lowest BCUT2D eigenvalue weighted by Gasteiger charge is -2.32. The van der Waals surface area contributed by atoms with Gasteiger partial charge in [-0.3, -0.25) is 19.4 Å². The first kappa shape index (κ1) is 15.0. The summed E-state index contributed by atoms with van der Waals surface area (Å²) in [5.74, 6) is 1.28. The van der Waals surface area contributed by atoms with E-state index < -0.39 is 0 Å². The van der Waals surface area contributed by atoms with Crippen LogP contribution >= 0.6 is 0 Å². The van der Waals surface area contributed by atoms with E-state index in [4.69, 9.17) is 0 Å². The largest absolute Gasteiger partial charge is 0.298 e. The Hall–Kier alpha value is -2.60. The van der Waals surface area contributed by atoms with Crippen molar-refractivity contribution in [1.29, 1.82) is 0 Å². The minimum Gasteiger partial charge on any atom is -0.298 e. The number of imidazole rings is 1. The van der Waals surface area contributed by atoms with E-state index in [1.165, 1.54) is 12.0 Å². The summed E-state index contributed by atoms with van der Waals surface area (Å²) in [5.41, 5.74) is 2.32. The van der Waals surface area contributed by atoms with E-state index in [9.17, 15) is 0 Å². The number of piperidine rings is 1. The Morgan fingerprint density at radius 1 is 1.08 bits per heavy atom. The van der Waals surface area contributed by atoms with Crippen LogP contribution in [0.2, 0.25) is 0 Å². The zero-order valence-corrected chi connectivity index (χ0v) is 13.5. The Morgan fingerprint density at radius 2 is 2.04 bits per heavy atom. The maximum Gasteiger partial charge on any atom is 0.160 e. The molecule has 6 nitrogen and oxygen atoms in total. The molecule has 4 heterocycles. The van der Waals surface area contributed by atoms with Gasteiger partial charge in [-0.05, 0) is 31.0 Å². The normalized spacial score (nSPS) is 18.6. The summed E-state index contributed by atoms with van der Waals surface area (Å²) < 4.78 is 1.95. The van der Waals surface area contributed by atoms with Crippen LogP contribution in [0.25, 0.3) is 5.82 Å². The van der Waals surface area contributed by atoms with Crippen LogP contribution < -0.4 is 0 Å². The van der Waals surface area contributed by atoms with Crippen molar-refractivity contribution in [2.75, 3.05) is 13.1 Å². The fraction of sp³-hybridized carbons (Fsp3) is 0.333. The first-order chi connectivity index (χ1) is 11.9. The predicted octanol–water partition coefficient (Wildman–Crippen LogP) is 2.44. The van der Waals surface area contributed by atoms with Gasteiger partial charge in [-0.25, -0.2) is 9.97 Å². The first-order valence-electron chi connectivity index (χ1n) is 8.30. The molecule has 0 aromatic carbocycles. The maximum absolute atomic E-state index is 4.65. The number of hydrogen-bond acceptors (Lipinski definition) is 5. The zero-order valence-electron chi connectivity index (χ0n) is 13.5. The monoisotopic (exact) mass is 320 g/mol. The third-order valence-corrected chi connectivity index (χ3v) is 4.48. The van der Waals surface area contributed by atoms with Gasteiger partial charge in [-0.2, -0.15) is 0 Å². The molecule has 0 bridgehead atoms. The lowest BCUT2D eigenvalue weighted by molar-refractivity contribution is 0.198. The molecule has 0 N–H and O–H groups in total. The highest BCUT2D eigenvalue weighted by Crippen LogP contribution is 2.29. The van der Waals surface area contributed by atoms with Crippen LogP contribution in [0.4, 0.5) is 0 Å². The number of nitrogens with zero attached hydrogens (tertiary/aromatic N) is 6. The van der Waals surface area contributed by atoms with Crippen LogP contribution in [0.3, 0.4) is 0 Å². The average molecular weight is 320 g/mol. The van der Waals surface area contributed by atoms with Crippen LogP contribution in [0, 0.1) is 0 Å². The molecule has 6 heteroatoms. The van der Waals surface area contributed by atoms with Gasteiger partial charge in [0, 0.05) is 56.2 Å². The number of pyridine rings is 1. The SMILES string of the molecule is c1cncc(CN2CCC[C@H](c3nccnc3-n3ccnc3)C2)c1. The Balaban J connectivity index is 1.55. The summed E-state index contributed by atoms with van der Waals surface area (Å²) in [6, 6.07) is 4.13. The highest BCUT2D eigenvalue weighted by molar-refractivity contribution is 5.31. The number of hydrogen-bond donors (Lipinski definition) is 0. The van der Waals surface area contributed by atoms with Crippen molar-refractivity contribution < 1.29 is 0 Å². The predicted molar refractivity (Wildman–Crippen MR) is 90.6 cm³/mol. The first-order valence-corrected chi connectivity index (χ1v) is 8.30. The van der Waals surface area contributed by atoms with Gasteiger partial charge in [0.1, 0.15) is 6.33 Å². The van der Waals surface area contributed by atoms with Crippen molar-refractivity contribution in [3.05, 3.63) is 66.9 Å². The molecule has 0 aliphatic carbocycles. The lowest BCUT2D eigenvalue weighted by Crippen LogP contribution is -2.34. The highest BCUT2D eigenvalue weighted by Gasteiger charge is 2.25. The topological polar surface area (TPSA) is 59.7 Å². The molecule has 0 unspecified atom stereocenters. The van der Waals surface area contributed by atoms with Crippen molar-refractivity contribution in [1.82, 2.24) is 29.4 Å². The van der Waals surface area contributed by atoms with Gasteiger partial charge in [-0.1, -0.05) is 6.07 Å². The quantitative estimate of drug-likeness (QED) is 0.739. The van der Waals surface area contributed by atoms with Crippen molar-refractivity contribution in [3.63, 3.8) is 0 Å². The fourth-order valence-corrected chi connectivity index (χ4v) is 3.38. The van der Waals surface area contributed by atoms with E-state index in [0.29, 0.717) is 5.92 Å². The summed E-state index contributed by atoms with van der Waals surface area (Å²) in [4.78, 5) is 20.0.